The number of aromatic amines is 1. The first-order valence-corrected chi connectivity index (χ1v) is 16.7. The second kappa shape index (κ2) is 12.2. The molecule has 44 heavy (non-hydrogen) atoms. The van der Waals surface area contributed by atoms with E-state index in [0.717, 1.165) is 43.3 Å². The molecule has 0 aliphatic carbocycles. The molecule has 232 valence electrons. The Morgan fingerprint density at radius 3 is 2.23 bits per heavy atom. The number of nitrogens with zero attached hydrogens (tertiary/aromatic N) is 2. The summed E-state index contributed by atoms with van der Waals surface area (Å²) in [7, 11) is 0. The molecule has 2 saturated heterocycles. The summed E-state index contributed by atoms with van der Waals surface area (Å²) < 4.78 is 0. The number of benzene rings is 2. The summed E-state index contributed by atoms with van der Waals surface area (Å²) in [5.74, 6) is 0.295. The fourth-order valence-corrected chi connectivity index (χ4v) is 7.85. The summed E-state index contributed by atoms with van der Waals surface area (Å²) in [6.07, 6.45) is 12.6. The molecule has 4 heterocycles. The molecule has 6 rings (SSSR count). The van der Waals surface area contributed by atoms with Gasteiger partial charge < -0.3 is 15.2 Å². The Hall–Kier alpha value is -3.44. The number of aryl methyl sites for hydroxylation is 3. The number of carbonyl (C=O) groups is 1. The van der Waals surface area contributed by atoms with Gasteiger partial charge in [-0.1, -0.05) is 23.3 Å². The summed E-state index contributed by atoms with van der Waals surface area (Å²) in [4.78, 5) is 24.2. The van der Waals surface area contributed by atoms with Crippen LogP contribution in [0, 0.1) is 13.8 Å². The van der Waals surface area contributed by atoms with Crippen LogP contribution in [0.1, 0.15) is 94.0 Å². The van der Waals surface area contributed by atoms with Crippen molar-refractivity contribution in [3.05, 3.63) is 88.7 Å². The average Bonchev–Trinajstić information content (AvgIpc) is 3.69. The smallest absolute Gasteiger partial charge is 0.233 e. The normalized spacial score (nSPS) is 18.5. The maximum absolute atomic E-state index is 14.0. The van der Waals surface area contributed by atoms with E-state index in [1.807, 2.05) is 12.4 Å². The van der Waals surface area contributed by atoms with Gasteiger partial charge in [-0.3, -0.25) is 9.78 Å². The van der Waals surface area contributed by atoms with Gasteiger partial charge in [0.25, 0.3) is 0 Å². The van der Waals surface area contributed by atoms with Crippen LogP contribution in [-0.4, -0.2) is 44.9 Å². The predicted molar refractivity (Wildman–Crippen MR) is 182 cm³/mol. The molecule has 0 radical (unpaired) electrons. The average molecular weight is 591 g/mol. The lowest BCUT2D eigenvalue weighted by atomic mass is 9.82. The fourth-order valence-electron chi connectivity index (χ4n) is 7.85. The van der Waals surface area contributed by atoms with Crippen molar-refractivity contribution in [3.63, 3.8) is 0 Å². The second-order valence-corrected chi connectivity index (χ2v) is 14.7. The van der Waals surface area contributed by atoms with E-state index in [1.54, 1.807) is 0 Å². The van der Waals surface area contributed by atoms with Crippen molar-refractivity contribution in [1.29, 1.82) is 0 Å². The number of aromatic nitrogens is 2. The number of fused-ring (bicyclic) bond motifs is 3. The van der Waals surface area contributed by atoms with Gasteiger partial charge in [-0.15, -0.1) is 0 Å². The molecular weight excluding hydrogens is 540 g/mol. The number of hydrogen-bond acceptors (Lipinski definition) is 3. The largest absolute Gasteiger partial charge is 0.354 e. The lowest BCUT2D eigenvalue weighted by Crippen LogP contribution is -2.45. The minimum Gasteiger partial charge on any atom is -0.354 e. The summed E-state index contributed by atoms with van der Waals surface area (Å²) in [6, 6.07) is 18.6. The topological polar surface area (TPSA) is 61.0 Å². The number of nitrogens with one attached hydrogen (secondary N) is 2. The van der Waals surface area contributed by atoms with E-state index >= 15 is 0 Å². The lowest BCUT2D eigenvalue weighted by molar-refractivity contribution is -0.137. The van der Waals surface area contributed by atoms with E-state index in [2.05, 4.69) is 110 Å². The van der Waals surface area contributed by atoms with Crippen LogP contribution in [0.5, 0.6) is 0 Å². The third-order valence-electron chi connectivity index (χ3n) is 10.4. The van der Waals surface area contributed by atoms with Gasteiger partial charge in [-0.05, 0) is 158 Å². The first kappa shape index (κ1) is 30.6. The molecule has 5 nitrogen and oxygen atoms in total. The highest BCUT2D eigenvalue weighted by molar-refractivity contribution is 5.94. The van der Waals surface area contributed by atoms with Crippen LogP contribution in [0.25, 0.3) is 22.2 Å². The van der Waals surface area contributed by atoms with Crippen molar-refractivity contribution in [2.45, 2.75) is 116 Å². The van der Waals surface area contributed by atoms with Crippen LogP contribution in [0.15, 0.2) is 60.9 Å². The van der Waals surface area contributed by atoms with Crippen LogP contribution in [0.2, 0.25) is 0 Å². The molecule has 0 unspecified atom stereocenters. The third-order valence-corrected chi connectivity index (χ3v) is 10.4. The SMILES string of the molecule is Cc1cc(C)cc(-c2[nH]c3ccc(C(C)(C)C(=O)N4C5CCC4CC5)cc3c2CCNC(C)(C)CCCc2ccncc2)c1. The Morgan fingerprint density at radius 1 is 0.909 bits per heavy atom. The summed E-state index contributed by atoms with van der Waals surface area (Å²) >= 11 is 0. The molecule has 1 amide bonds. The van der Waals surface area contributed by atoms with Crippen molar-refractivity contribution in [2.24, 2.45) is 0 Å². The van der Waals surface area contributed by atoms with Gasteiger partial charge >= 0.3 is 0 Å². The second-order valence-electron chi connectivity index (χ2n) is 14.7. The molecule has 2 fully saturated rings. The van der Waals surface area contributed by atoms with E-state index in [0.29, 0.717) is 18.0 Å². The molecule has 0 saturated carbocycles. The van der Waals surface area contributed by atoms with Gasteiger partial charge in [0.05, 0.1) is 5.41 Å². The van der Waals surface area contributed by atoms with Gasteiger partial charge in [0.2, 0.25) is 5.91 Å². The highest BCUT2D eigenvalue weighted by atomic mass is 16.2. The number of pyridine rings is 1. The maximum Gasteiger partial charge on any atom is 0.233 e. The van der Waals surface area contributed by atoms with Crippen molar-refractivity contribution in [2.75, 3.05) is 6.54 Å². The quantitative estimate of drug-likeness (QED) is 0.185. The maximum atomic E-state index is 14.0. The monoisotopic (exact) mass is 590 g/mol. The van der Waals surface area contributed by atoms with Crippen molar-refractivity contribution in [3.8, 4) is 11.3 Å². The number of carbonyl (C=O) groups excluding carboxylic acids is 1. The third kappa shape index (κ3) is 6.21. The van der Waals surface area contributed by atoms with E-state index in [4.69, 9.17) is 0 Å². The summed E-state index contributed by atoms with van der Waals surface area (Å²) in [6.45, 7) is 14.1. The summed E-state index contributed by atoms with van der Waals surface area (Å²) in [5.41, 5.74) is 9.36. The van der Waals surface area contributed by atoms with Crippen LogP contribution >= 0.6 is 0 Å². The van der Waals surface area contributed by atoms with Gasteiger partial charge in [-0.2, -0.15) is 0 Å². The molecule has 2 aliphatic heterocycles. The molecule has 5 heteroatoms. The molecule has 2 aromatic carbocycles. The van der Waals surface area contributed by atoms with Gasteiger partial charge in [0.15, 0.2) is 0 Å². The Labute approximate surface area is 263 Å². The zero-order valence-corrected chi connectivity index (χ0v) is 27.6. The zero-order chi connectivity index (χ0) is 31.1. The van der Waals surface area contributed by atoms with Gasteiger partial charge in [0.1, 0.15) is 0 Å². The van der Waals surface area contributed by atoms with E-state index in [1.165, 1.54) is 64.6 Å². The molecule has 0 atom stereocenters. The van der Waals surface area contributed by atoms with Gasteiger partial charge in [0, 0.05) is 46.6 Å². The van der Waals surface area contributed by atoms with E-state index in [9.17, 15) is 4.79 Å². The molecule has 4 aromatic rings. The number of amides is 1. The molecule has 2 aromatic heterocycles. The molecule has 2 N–H and O–H groups in total. The lowest BCUT2D eigenvalue weighted by Gasteiger charge is -2.33. The minimum atomic E-state index is -0.566. The molecular formula is C39H50N4O. The minimum absolute atomic E-state index is 0.0356. The Kier molecular flexibility index (Phi) is 8.45. The van der Waals surface area contributed by atoms with Crippen LogP contribution < -0.4 is 5.32 Å². The van der Waals surface area contributed by atoms with E-state index in [-0.39, 0.29) is 5.54 Å². The fraction of sp³-hybridized carbons (Fsp3) is 0.487. The Balaban J connectivity index is 1.26. The number of hydrogen-bond donors (Lipinski definition) is 2. The van der Waals surface area contributed by atoms with Crippen LogP contribution in [0.4, 0.5) is 0 Å². The van der Waals surface area contributed by atoms with Crippen LogP contribution in [-0.2, 0) is 23.1 Å². The number of H-pyrrole nitrogens is 1. The Bertz CT molecular complexity index is 1590. The predicted octanol–water partition coefficient (Wildman–Crippen LogP) is 8.21. The highest BCUT2D eigenvalue weighted by Crippen LogP contribution is 2.42. The zero-order valence-electron chi connectivity index (χ0n) is 27.6. The van der Waals surface area contributed by atoms with Crippen molar-refractivity contribution in [1.82, 2.24) is 20.2 Å². The highest BCUT2D eigenvalue weighted by Gasteiger charge is 2.47. The number of rotatable bonds is 11. The van der Waals surface area contributed by atoms with Crippen molar-refractivity contribution < 1.29 is 4.79 Å². The van der Waals surface area contributed by atoms with Crippen molar-refractivity contribution >= 4 is 16.8 Å². The first-order chi connectivity index (χ1) is 21.0. The molecule has 2 bridgehead atoms. The summed E-state index contributed by atoms with van der Waals surface area (Å²) in [5, 5.41) is 5.11. The first-order valence-electron chi connectivity index (χ1n) is 16.7. The molecule has 2 aliphatic rings. The van der Waals surface area contributed by atoms with Gasteiger partial charge in [-0.25, -0.2) is 0 Å². The van der Waals surface area contributed by atoms with E-state index < -0.39 is 5.41 Å². The Morgan fingerprint density at radius 2 is 1.57 bits per heavy atom. The molecule has 0 spiro atoms. The van der Waals surface area contributed by atoms with Crippen LogP contribution in [0.3, 0.4) is 0 Å². The standard InChI is InChI=1S/C39H50N4O/c1-26-22-27(2)24-29(23-26)36-33(17-21-41-38(3,4)18-7-8-28-15-19-40-20-16-28)34-25-30(9-14-35(34)42-36)39(5,6)37(44)43-31-10-11-32(43)13-12-31/h9,14-16,19-20,22-25,31-32,41-42H,7-8,10-13,17-18,21H2,1-6H3.